The SMILES string of the molecule is Cc1cnc2c(c1)nc(-c1cccs1)n2CCC(=O)NCCN. The van der Waals surface area contributed by atoms with Crippen LogP contribution in [0.4, 0.5) is 0 Å². The molecule has 0 bridgehead atoms. The van der Waals surface area contributed by atoms with E-state index in [0.717, 1.165) is 27.4 Å². The van der Waals surface area contributed by atoms with Crippen LogP contribution in [0.5, 0.6) is 0 Å². The van der Waals surface area contributed by atoms with E-state index in [-0.39, 0.29) is 5.91 Å². The van der Waals surface area contributed by atoms with Gasteiger partial charge in [0.05, 0.1) is 4.88 Å². The lowest BCUT2D eigenvalue weighted by Gasteiger charge is -2.08. The van der Waals surface area contributed by atoms with Crippen molar-refractivity contribution in [2.75, 3.05) is 13.1 Å². The molecule has 3 rings (SSSR count). The van der Waals surface area contributed by atoms with Crippen LogP contribution in [-0.2, 0) is 11.3 Å². The summed E-state index contributed by atoms with van der Waals surface area (Å²) in [6.07, 6.45) is 2.20. The molecular formula is C16H19N5OS. The van der Waals surface area contributed by atoms with Gasteiger partial charge in [-0.1, -0.05) is 6.07 Å². The summed E-state index contributed by atoms with van der Waals surface area (Å²) in [6, 6.07) is 6.05. The molecule has 0 fully saturated rings. The van der Waals surface area contributed by atoms with E-state index in [0.29, 0.717) is 26.1 Å². The van der Waals surface area contributed by atoms with Crippen LogP contribution in [0.3, 0.4) is 0 Å². The molecule has 1 amide bonds. The van der Waals surface area contributed by atoms with E-state index < -0.39 is 0 Å². The molecule has 0 saturated heterocycles. The number of carbonyl (C=O) groups excluding carboxylic acids is 1. The molecule has 120 valence electrons. The second-order valence-electron chi connectivity index (χ2n) is 5.31. The number of nitrogens with two attached hydrogens (primary N) is 1. The van der Waals surface area contributed by atoms with Crippen LogP contribution in [-0.4, -0.2) is 33.5 Å². The van der Waals surface area contributed by atoms with Crippen LogP contribution in [0.2, 0.25) is 0 Å². The van der Waals surface area contributed by atoms with E-state index in [1.807, 2.05) is 41.3 Å². The molecule has 3 N–H and O–H groups in total. The minimum Gasteiger partial charge on any atom is -0.355 e. The lowest BCUT2D eigenvalue weighted by molar-refractivity contribution is -0.121. The fraction of sp³-hybridized carbons (Fsp3) is 0.312. The van der Waals surface area contributed by atoms with Gasteiger partial charge in [0, 0.05) is 32.3 Å². The van der Waals surface area contributed by atoms with Gasteiger partial charge in [-0.2, -0.15) is 0 Å². The second kappa shape index (κ2) is 6.89. The number of carbonyl (C=O) groups is 1. The Kier molecular flexibility index (Phi) is 4.68. The maximum atomic E-state index is 11.9. The van der Waals surface area contributed by atoms with Gasteiger partial charge in [-0.15, -0.1) is 11.3 Å². The largest absolute Gasteiger partial charge is 0.355 e. The van der Waals surface area contributed by atoms with E-state index in [1.54, 1.807) is 11.3 Å². The Morgan fingerprint density at radius 2 is 2.35 bits per heavy atom. The van der Waals surface area contributed by atoms with Gasteiger partial charge in [0.2, 0.25) is 5.91 Å². The summed E-state index contributed by atoms with van der Waals surface area (Å²) >= 11 is 1.63. The highest BCUT2D eigenvalue weighted by Crippen LogP contribution is 2.27. The zero-order chi connectivity index (χ0) is 16.2. The van der Waals surface area contributed by atoms with Crippen LogP contribution >= 0.6 is 11.3 Å². The zero-order valence-electron chi connectivity index (χ0n) is 13.0. The first-order valence-corrected chi connectivity index (χ1v) is 8.40. The molecule has 0 unspecified atom stereocenters. The lowest BCUT2D eigenvalue weighted by atomic mass is 10.3. The fourth-order valence-electron chi connectivity index (χ4n) is 2.43. The van der Waals surface area contributed by atoms with Gasteiger partial charge in [-0.3, -0.25) is 4.79 Å². The maximum absolute atomic E-state index is 11.9. The van der Waals surface area contributed by atoms with Crippen molar-refractivity contribution in [3.63, 3.8) is 0 Å². The third-order valence-corrected chi connectivity index (χ3v) is 4.36. The molecule has 6 nitrogen and oxygen atoms in total. The molecule has 0 aliphatic heterocycles. The van der Waals surface area contributed by atoms with Crippen molar-refractivity contribution in [2.24, 2.45) is 5.73 Å². The van der Waals surface area contributed by atoms with Gasteiger partial charge in [0.25, 0.3) is 0 Å². The van der Waals surface area contributed by atoms with E-state index in [4.69, 9.17) is 10.7 Å². The summed E-state index contributed by atoms with van der Waals surface area (Å²) in [5.74, 6) is 0.848. The molecule has 3 aromatic heterocycles. The molecular weight excluding hydrogens is 310 g/mol. The molecule has 3 aromatic rings. The Labute approximate surface area is 138 Å². The predicted octanol–water partition coefficient (Wildman–Crippen LogP) is 1.93. The number of nitrogens with zero attached hydrogens (tertiary/aromatic N) is 3. The number of thiophene rings is 1. The van der Waals surface area contributed by atoms with Crippen molar-refractivity contribution in [1.82, 2.24) is 19.9 Å². The third kappa shape index (κ3) is 3.40. The maximum Gasteiger partial charge on any atom is 0.221 e. The molecule has 7 heteroatoms. The highest BCUT2D eigenvalue weighted by atomic mass is 32.1. The van der Waals surface area contributed by atoms with Crippen molar-refractivity contribution in [1.29, 1.82) is 0 Å². The summed E-state index contributed by atoms with van der Waals surface area (Å²) in [7, 11) is 0. The van der Waals surface area contributed by atoms with Crippen molar-refractivity contribution >= 4 is 28.4 Å². The monoisotopic (exact) mass is 329 g/mol. The molecule has 0 aromatic carbocycles. The first-order valence-electron chi connectivity index (χ1n) is 7.52. The molecule has 0 radical (unpaired) electrons. The molecule has 3 heterocycles. The highest BCUT2D eigenvalue weighted by molar-refractivity contribution is 7.13. The van der Waals surface area contributed by atoms with Crippen LogP contribution in [0.1, 0.15) is 12.0 Å². The average Bonchev–Trinajstić information content (AvgIpc) is 3.17. The van der Waals surface area contributed by atoms with Crippen LogP contribution in [0.25, 0.3) is 21.9 Å². The van der Waals surface area contributed by atoms with E-state index >= 15 is 0 Å². The predicted molar refractivity (Wildman–Crippen MR) is 92.3 cm³/mol. The molecule has 0 aliphatic carbocycles. The molecule has 0 saturated carbocycles. The lowest BCUT2D eigenvalue weighted by Crippen LogP contribution is -2.29. The van der Waals surface area contributed by atoms with Crippen LogP contribution < -0.4 is 11.1 Å². The zero-order valence-corrected chi connectivity index (χ0v) is 13.8. The van der Waals surface area contributed by atoms with Gasteiger partial charge >= 0.3 is 0 Å². The fourth-order valence-corrected chi connectivity index (χ4v) is 3.15. The number of hydrogen-bond acceptors (Lipinski definition) is 5. The minimum atomic E-state index is -0.0125. The number of hydrogen-bond donors (Lipinski definition) is 2. The topological polar surface area (TPSA) is 85.8 Å². The standard InChI is InChI=1S/C16H19N5OS/c1-11-9-12-15(19-10-11)21(7-4-14(22)18-6-5-17)16(20-12)13-3-2-8-23-13/h2-3,8-10H,4-7,17H2,1H3,(H,18,22). The van der Waals surface area contributed by atoms with Gasteiger partial charge < -0.3 is 15.6 Å². The molecule has 23 heavy (non-hydrogen) atoms. The van der Waals surface area contributed by atoms with E-state index in [1.165, 1.54) is 0 Å². The van der Waals surface area contributed by atoms with Crippen molar-refractivity contribution in [3.05, 3.63) is 35.3 Å². The number of aromatic nitrogens is 3. The summed E-state index contributed by atoms with van der Waals surface area (Å²) in [4.78, 5) is 22.2. The van der Waals surface area contributed by atoms with E-state index in [2.05, 4.69) is 10.3 Å². The summed E-state index contributed by atoms with van der Waals surface area (Å²) in [5.41, 5.74) is 8.14. The van der Waals surface area contributed by atoms with Gasteiger partial charge in [-0.25, -0.2) is 9.97 Å². The van der Waals surface area contributed by atoms with Crippen LogP contribution in [0, 0.1) is 6.92 Å². The van der Waals surface area contributed by atoms with Gasteiger partial charge in [0.15, 0.2) is 11.5 Å². The Hall–Kier alpha value is -2.25. The minimum absolute atomic E-state index is 0.0125. The Bertz CT molecular complexity index is 809. The Morgan fingerprint density at radius 1 is 1.48 bits per heavy atom. The second-order valence-corrected chi connectivity index (χ2v) is 6.26. The summed E-state index contributed by atoms with van der Waals surface area (Å²) in [5, 5.41) is 4.81. The van der Waals surface area contributed by atoms with Crippen LogP contribution in [0.15, 0.2) is 29.8 Å². The van der Waals surface area contributed by atoms with Crippen molar-refractivity contribution in [2.45, 2.75) is 19.9 Å². The first kappa shape index (κ1) is 15.6. The quantitative estimate of drug-likeness (QED) is 0.723. The number of nitrogens with one attached hydrogen (secondary N) is 1. The van der Waals surface area contributed by atoms with Gasteiger partial charge in [0.1, 0.15) is 5.52 Å². The smallest absolute Gasteiger partial charge is 0.221 e. The first-order chi connectivity index (χ1) is 11.2. The Morgan fingerprint density at radius 3 is 3.09 bits per heavy atom. The average molecular weight is 329 g/mol. The van der Waals surface area contributed by atoms with E-state index in [9.17, 15) is 4.79 Å². The molecule has 0 aliphatic rings. The third-order valence-electron chi connectivity index (χ3n) is 3.49. The number of pyridine rings is 1. The number of rotatable bonds is 6. The molecule has 0 spiro atoms. The van der Waals surface area contributed by atoms with Gasteiger partial charge in [-0.05, 0) is 30.0 Å². The molecule has 0 atom stereocenters. The summed E-state index contributed by atoms with van der Waals surface area (Å²) < 4.78 is 2.02. The number of imidazole rings is 1. The number of fused-ring (bicyclic) bond motifs is 1. The highest BCUT2D eigenvalue weighted by Gasteiger charge is 2.15. The van der Waals surface area contributed by atoms with Crippen molar-refractivity contribution < 1.29 is 4.79 Å². The summed E-state index contributed by atoms with van der Waals surface area (Å²) in [6.45, 7) is 3.48. The number of amides is 1. The number of aryl methyl sites for hydroxylation is 2. The van der Waals surface area contributed by atoms with Crippen molar-refractivity contribution in [3.8, 4) is 10.7 Å². The normalized spacial score (nSPS) is 11.0. The Balaban J connectivity index is 1.93.